The second-order valence-corrected chi connectivity index (χ2v) is 3.17. The Balaban J connectivity index is 2.42. The molecular weight excluding hydrogens is 204 g/mol. The molecule has 0 aliphatic carbocycles. The number of aromatic nitrogens is 2. The minimum atomic E-state index is 0.594. The average molecular weight is 216 g/mol. The smallest absolute Gasteiger partial charge is 0.212 e. The van der Waals surface area contributed by atoms with Crippen LogP contribution in [0.3, 0.4) is 0 Å². The third-order valence-electron chi connectivity index (χ3n) is 2.26. The molecule has 16 heavy (non-hydrogen) atoms. The van der Waals surface area contributed by atoms with Crippen LogP contribution < -0.4 is 9.47 Å². The quantitative estimate of drug-likeness (QED) is 0.788. The lowest BCUT2D eigenvalue weighted by Crippen LogP contribution is -1.91. The first-order chi connectivity index (χ1) is 7.85. The van der Waals surface area contributed by atoms with Crippen LogP contribution in [0.25, 0.3) is 11.1 Å². The molecule has 4 heteroatoms. The van der Waals surface area contributed by atoms with Crippen molar-refractivity contribution in [2.24, 2.45) is 0 Å². The van der Waals surface area contributed by atoms with Crippen LogP contribution in [-0.2, 0) is 0 Å². The summed E-state index contributed by atoms with van der Waals surface area (Å²) in [4.78, 5) is 8.16. The largest absolute Gasteiger partial charge is 0.494 e. The molecule has 0 amide bonds. The third-order valence-corrected chi connectivity index (χ3v) is 2.26. The van der Waals surface area contributed by atoms with E-state index in [-0.39, 0.29) is 0 Å². The number of methoxy groups -OCH3 is 2. The molecule has 0 fully saturated rings. The van der Waals surface area contributed by atoms with Gasteiger partial charge in [0.15, 0.2) is 0 Å². The van der Waals surface area contributed by atoms with Gasteiger partial charge in [0.1, 0.15) is 5.75 Å². The van der Waals surface area contributed by atoms with Gasteiger partial charge in [-0.3, -0.25) is 4.98 Å². The van der Waals surface area contributed by atoms with Crippen LogP contribution in [0.4, 0.5) is 0 Å². The highest BCUT2D eigenvalue weighted by Crippen LogP contribution is 2.28. The van der Waals surface area contributed by atoms with Crippen molar-refractivity contribution in [3.05, 3.63) is 36.8 Å². The Labute approximate surface area is 93.9 Å². The Bertz CT molecular complexity index is 469. The fourth-order valence-electron chi connectivity index (χ4n) is 1.44. The van der Waals surface area contributed by atoms with Crippen molar-refractivity contribution >= 4 is 0 Å². The van der Waals surface area contributed by atoms with Crippen molar-refractivity contribution in [2.75, 3.05) is 14.2 Å². The maximum Gasteiger partial charge on any atom is 0.212 e. The Kier molecular flexibility index (Phi) is 3.00. The van der Waals surface area contributed by atoms with Gasteiger partial charge < -0.3 is 9.47 Å². The highest BCUT2D eigenvalue weighted by molar-refractivity contribution is 5.69. The summed E-state index contributed by atoms with van der Waals surface area (Å²) >= 11 is 0. The van der Waals surface area contributed by atoms with Gasteiger partial charge in [0, 0.05) is 29.6 Å². The van der Waals surface area contributed by atoms with Crippen LogP contribution >= 0.6 is 0 Å². The zero-order valence-corrected chi connectivity index (χ0v) is 9.18. The molecule has 0 unspecified atom stereocenters. The minimum absolute atomic E-state index is 0.594. The standard InChI is InChI=1S/C12H12N2O2/c1-15-11-8-13-6-5-10(11)9-3-4-12(16-2)14-7-9/h3-8H,1-2H3. The predicted octanol–water partition coefficient (Wildman–Crippen LogP) is 2.16. The zero-order chi connectivity index (χ0) is 11.4. The number of hydrogen-bond acceptors (Lipinski definition) is 4. The molecule has 2 aromatic heterocycles. The van der Waals surface area contributed by atoms with Crippen molar-refractivity contribution in [3.63, 3.8) is 0 Å². The third kappa shape index (κ3) is 1.95. The molecule has 0 radical (unpaired) electrons. The molecule has 0 aliphatic rings. The van der Waals surface area contributed by atoms with Gasteiger partial charge in [-0.15, -0.1) is 0 Å². The molecule has 0 N–H and O–H groups in total. The molecular formula is C12H12N2O2. The first-order valence-corrected chi connectivity index (χ1v) is 4.83. The first-order valence-electron chi connectivity index (χ1n) is 4.83. The van der Waals surface area contributed by atoms with E-state index in [4.69, 9.17) is 9.47 Å². The Morgan fingerprint density at radius 1 is 1.00 bits per heavy atom. The molecule has 2 rings (SSSR count). The molecule has 0 spiro atoms. The Morgan fingerprint density at radius 3 is 2.50 bits per heavy atom. The highest BCUT2D eigenvalue weighted by atomic mass is 16.5. The minimum Gasteiger partial charge on any atom is -0.494 e. The van der Waals surface area contributed by atoms with E-state index in [2.05, 4.69) is 9.97 Å². The summed E-state index contributed by atoms with van der Waals surface area (Å²) in [5.74, 6) is 1.33. The number of nitrogens with zero attached hydrogens (tertiary/aromatic N) is 2. The molecule has 4 nitrogen and oxygen atoms in total. The molecule has 2 aromatic rings. The van der Waals surface area contributed by atoms with Crippen LogP contribution in [0.15, 0.2) is 36.8 Å². The summed E-state index contributed by atoms with van der Waals surface area (Å²) in [6, 6.07) is 5.64. The first kappa shape index (κ1) is 10.4. The van der Waals surface area contributed by atoms with E-state index in [9.17, 15) is 0 Å². The number of hydrogen-bond donors (Lipinski definition) is 0. The lowest BCUT2D eigenvalue weighted by molar-refractivity contribution is 0.398. The van der Waals surface area contributed by atoms with Gasteiger partial charge in [0.25, 0.3) is 0 Å². The SMILES string of the molecule is COc1ccc(-c2ccncc2OC)cn1. The van der Waals surface area contributed by atoms with Crippen molar-refractivity contribution < 1.29 is 9.47 Å². The number of pyridine rings is 2. The summed E-state index contributed by atoms with van der Waals surface area (Å²) in [6.07, 6.45) is 5.15. The van der Waals surface area contributed by atoms with E-state index in [1.165, 1.54) is 0 Å². The van der Waals surface area contributed by atoms with Crippen LogP contribution in [0.2, 0.25) is 0 Å². The van der Waals surface area contributed by atoms with Crippen LogP contribution in [0, 0.1) is 0 Å². The summed E-state index contributed by atoms with van der Waals surface area (Å²) in [5, 5.41) is 0. The summed E-state index contributed by atoms with van der Waals surface area (Å²) in [5.41, 5.74) is 1.94. The van der Waals surface area contributed by atoms with E-state index in [0.717, 1.165) is 16.9 Å². The summed E-state index contributed by atoms with van der Waals surface area (Å²) in [6.45, 7) is 0. The molecule has 0 saturated carbocycles. The molecule has 0 saturated heterocycles. The van der Waals surface area contributed by atoms with Crippen LogP contribution in [-0.4, -0.2) is 24.2 Å². The van der Waals surface area contributed by atoms with E-state index in [1.807, 2.05) is 18.2 Å². The molecule has 82 valence electrons. The molecule has 0 atom stereocenters. The number of ether oxygens (including phenoxy) is 2. The van der Waals surface area contributed by atoms with E-state index in [1.54, 1.807) is 32.8 Å². The van der Waals surface area contributed by atoms with Gasteiger partial charge in [-0.2, -0.15) is 0 Å². The average Bonchev–Trinajstić information content (AvgIpc) is 2.39. The Morgan fingerprint density at radius 2 is 1.88 bits per heavy atom. The molecule has 0 aromatic carbocycles. The number of rotatable bonds is 3. The van der Waals surface area contributed by atoms with Crippen LogP contribution in [0.1, 0.15) is 0 Å². The van der Waals surface area contributed by atoms with Gasteiger partial charge in [-0.1, -0.05) is 0 Å². The predicted molar refractivity (Wildman–Crippen MR) is 60.6 cm³/mol. The molecule has 0 bridgehead atoms. The van der Waals surface area contributed by atoms with Gasteiger partial charge in [-0.25, -0.2) is 4.98 Å². The van der Waals surface area contributed by atoms with Gasteiger partial charge in [-0.05, 0) is 12.1 Å². The Hall–Kier alpha value is -2.10. The van der Waals surface area contributed by atoms with E-state index in [0.29, 0.717) is 5.88 Å². The highest BCUT2D eigenvalue weighted by Gasteiger charge is 2.05. The van der Waals surface area contributed by atoms with Crippen molar-refractivity contribution in [2.45, 2.75) is 0 Å². The fourth-order valence-corrected chi connectivity index (χ4v) is 1.44. The molecule has 0 aliphatic heterocycles. The van der Waals surface area contributed by atoms with E-state index < -0.39 is 0 Å². The zero-order valence-electron chi connectivity index (χ0n) is 9.18. The van der Waals surface area contributed by atoms with Gasteiger partial charge in [0.2, 0.25) is 5.88 Å². The fraction of sp³-hybridized carbons (Fsp3) is 0.167. The molecule has 2 heterocycles. The van der Waals surface area contributed by atoms with E-state index >= 15 is 0 Å². The van der Waals surface area contributed by atoms with Gasteiger partial charge in [0.05, 0.1) is 20.4 Å². The maximum atomic E-state index is 5.23. The lowest BCUT2D eigenvalue weighted by Gasteiger charge is -2.07. The van der Waals surface area contributed by atoms with Crippen molar-refractivity contribution in [1.29, 1.82) is 0 Å². The monoisotopic (exact) mass is 216 g/mol. The summed E-state index contributed by atoms with van der Waals surface area (Å²) in [7, 11) is 3.21. The summed E-state index contributed by atoms with van der Waals surface area (Å²) < 4.78 is 10.2. The van der Waals surface area contributed by atoms with Gasteiger partial charge >= 0.3 is 0 Å². The lowest BCUT2D eigenvalue weighted by atomic mass is 10.1. The normalized spacial score (nSPS) is 9.88. The second-order valence-electron chi connectivity index (χ2n) is 3.17. The topological polar surface area (TPSA) is 44.2 Å². The van der Waals surface area contributed by atoms with Crippen molar-refractivity contribution in [3.8, 4) is 22.8 Å². The maximum absolute atomic E-state index is 5.23. The second kappa shape index (κ2) is 4.61. The van der Waals surface area contributed by atoms with Crippen molar-refractivity contribution in [1.82, 2.24) is 9.97 Å². The van der Waals surface area contributed by atoms with Crippen LogP contribution in [0.5, 0.6) is 11.6 Å².